The van der Waals surface area contributed by atoms with E-state index >= 15 is 0 Å². The Bertz CT molecular complexity index is 596. The first-order valence-corrected chi connectivity index (χ1v) is 6.65. The van der Waals surface area contributed by atoms with Gasteiger partial charge in [-0.1, -0.05) is 19.4 Å². The minimum atomic E-state index is -0.325. The fourth-order valence-corrected chi connectivity index (χ4v) is 2.10. The molecule has 0 radical (unpaired) electrons. The van der Waals surface area contributed by atoms with E-state index in [1.54, 1.807) is 7.05 Å². The summed E-state index contributed by atoms with van der Waals surface area (Å²) in [5.41, 5.74) is 8.23. The predicted molar refractivity (Wildman–Crippen MR) is 76.0 cm³/mol. The Kier molecular flexibility index (Phi) is 4.39. The van der Waals surface area contributed by atoms with Gasteiger partial charge in [0.2, 0.25) is 0 Å². The number of aromatic nitrogens is 1. The highest BCUT2D eigenvalue weighted by atomic mass is 16.4. The third-order valence-electron chi connectivity index (χ3n) is 3.53. The van der Waals surface area contributed by atoms with Gasteiger partial charge in [-0.25, -0.2) is 4.79 Å². The van der Waals surface area contributed by atoms with Gasteiger partial charge in [-0.3, -0.25) is 4.57 Å². The molecular formula is C14H21N3O2. The van der Waals surface area contributed by atoms with Crippen molar-refractivity contribution in [3.63, 3.8) is 0 Å². The van der Waals surface area contributed by atoms with Crippen LogP contribution in [0.15, 0.2) is 27.4 Å². The number of hydrogen-bond donors (Lipinski definition) is 2. The Hall–Kier alpha value is -1.59. The fraction of sp³-hybridized carbons (Fsp3) is 0.500. The van der Waals surface area contributed by atoms with Crippen molar-refractivity contribution in [3.8, 4) is 0 Å². The van der Waals surface area contributed by atoms with E-state index in [1.807, 2.05) is 18.2 Å². The molecule has 1 aromatic heterocycles. The molecule has 5 nitrogen and oxygen atoms in total. The Balaban J connectivity index is 2.04. The first-order valence-electron chi connectivity index (χ1n) is 6.65. The van der Waals surface area contributed by atoms with E-state index in [1.165, 1.54) is 4.57 Å². The van der Waals surface area contributed by atoms with Crippen molar-refractivity contribution >= 4 is 11.1 Å². The van der Waals surface area contributed by atoms with Crippen LogP contribution in [0.4, 0.5) is 0 Å². The number of nitrogens with zero attached hydrogens (tertiary/aromatic N) is 1. The van der Waals surface area contributed by atoms with Gasteiger partial charge in [0.1, 0.15) is 0 Å². The maximum atomic E-state index is 11.4. The summed E-state index contributed by atoms with van der Waals surface area (Å²) >= 11 is 0. The second-order valence-electron chi connectivity index (χ2n) is 4.87. The topological polar surface area (TPSA) is 73.2 Å². The van der Waals surface area contributed by atoms with Crippen molar-refractivity contribution in [1.29, 1.82) is 0 Å². The molecule has 0 aliphatic rings. The van der Waals surface area contributed by atoms with Crippen molar-refractivity contribution in [3.05, 3.63) is 34.3 Å². The molecule has 2 aromatic rings. The molecule has 0 aliphatic heterocycles. The van der Waals surface area contributed by atoms with Gasteiger partial charge in [-0.2, -0.15) is 0 Å². The van der Waals surface area contributed by atoms with Gasteiger partial charge in [-0.05, 0) is 36.7 Å². The lowest BCUT2D eigenvalue weighted by Crippen LogP contribution is -2.27. The largest absolute Gasteiger partial charge is 0.419 e. The number of hydrogen-bond acceptors (Lipinski definition) is 4. The standard InChI is InChI=1S/C14H21N3O2/c1-3-10(7-15)8-16-9-11-4-5-12-13(6-11)19-14(18)17(12)2/h4-6,10,16H,3,7-9,15H2,1-2H3. The molecule has 5 heteroatoms. The first-order chi connectivity index (χ1) is 9.15. The number of benzene rings is 1. The van der Waals surface area contributed by atoms with Crippen LogP contribution in [0.1, 0.15) is 18.9 Å². The van der Waals surface area contributed by atoms with Gasteiger partial charge in [0, 0.05) is 13.6 Å². The average Bonchev–Trinajstić information content (AvgIpc) is 2.70. The van der Waals surface area contributed by atoms with Gasteiger partial charge < -0.3 is 15.5 Å². The lowest BCUT2D eigenvalue weighted by molar-refractivity contribution is 0.471. The molecule has 1 aromatic carbocycles. The number of oxazole rings is 1. The van der Waals surface area contributed by atoms with E-state index in [0.29, 0.717) is 18.0 Å². The average molecular weight is 263 g/mol. The van der Waals surface area contributed by atoms with Crippen LogP contribution in [-0.4, -0.2) is 17.7 Å². The molecule has 1 atom stereocenters. The SMILES string of the molecule is CCC(CN)CNCc1ccc2c(c1)oc(=O)n2C. The monoisotopic (exact) mass is 263 g/mol. The number of aryl methyl sites for hydroxylation is 1. The number of rotatable bonds is 6. The van der Waals surface area contributed by atoms with E-state index in [9.17, 15) is 4.79 Å². The van der Waals surface area contributed by atoms with E-state index in [4.69, 9.17) is 10.2 Å². The fourth-order valence-electron chi connectivity index (χ4n) is 2.10. The molecule has 104 valence electrons. The summed E-state index contributed by atoms with van der Waals surface area (Å²) in [5, 5.41) is 3.38. The molecular weight excluding hydrogens is 242 g/mol. The van der Waals surface area contributed by atoms with Crippen LogP contribution in [0.2, 0.25) is 0 Å². The van der Waals surface area contributed by atoms with Crippen molar-refractivity contribution in [2.75, 3.05) is 13.1 Å². The summed E-state index contributed by atoms with van der Waals surface area (Å²) in [7, 11) is 1.71. The van der Waals surface area contributed by atoms with Gasteiger partial charge in [-0.15, -0.1) is 0 Å². The van der Waals surface area contributed by atoms with E-state index in [0.717, 1.165) is 30.6 Å². The van der Waals surface area contributed by atoms with Crippen LogP contribution < -0.4 is 16.8 Å². The zero-order valence-corrected chi connectivity index (χ0v) is 11.5. The minimum absolute atomic E-state index is 0.325. The van der Waals surface area contributed by atoms with Crippen LogP contribution >= 0.6 is 0 Å². The maximum Gasteiger partial charge on any atom is 0.419 e. The normalized spacial score (nSPS) is 13.0. The van der Waals surface area contributed by atoms with E-state index in [-0.39, 0.29) is 5.76 Å². The molecule has 0 amide bonds. The van der Waals surface area contributed by atoms with Crippen LogP contribution in [0.3, 0.4) is 0 Å². The summed E-state index contributed by atoms with van der Waals surface area (Å²) < 4.78 is 6.68. The summed E-state index contributed by atoms with van der Waals surface area (Å²) in [6.45, 7) is 4.51. The third kappa shape index (κ3) is 3.05. The Morgan fingerprint density at radius 1 is 1.47 bits per heavy atom. The molecule has 0 bridgehead atoms. The third-order valence-corrected chi connectivity index (χ3v) is 3.53. The van der Waals surface area contributed by atoms with Crippen LogP contribution in [0.25, 0.3) is 11.1 Å². The highest BCUT2D eigenvalue weighted by Gasteiger charge is 2.07. The van der Waals surface area contributed by atoms with Gasteiger partial charge in [0.25, 0.3) is 0 Å². The molecule has 1 unspecified atom stereocenters. The maximum absolute atomic E-state index is 11.4. The molecule has 0 fully saturated rings. The van der Waals surface area contributed by atoms with E-state index < -0.39 is 0 Å². The molecule has 0 aliphatic carbocycles. The summed E-state index contributed by atoms with van der Waals surface area (Å²) in [6.07, 6.45) is 1.08. The van der Waals surface area contributed by atoms with Crippen molar-refractivity contribution in [2.24, 2.45) is 18.7 Å². The smallest absolute Gasteiger partial charge is 0.408 e. The molecule has 0 saturated carbocycles. The Morgan fingerprint density at radius 3 is 2.95 bits per heavy atom. The second kappa shape index (κ2) is 6.04. The summed E-state index contributed by atoms with van der Waals surface area (Å²) in [6, 6.07) is 5.83. The number of fused-ring (bicyclic) bond motifs is 1. The Morgan fingerprint density at radius 2 is 2.26 bits per heavy atom. The second-order valence-corrected chi connectivity index (χ2v) is 4.87. The Labute approximate surface area is 112 Å². The quantitative estimate of drug-likeness (QED) is 0.821. The van der Waals surface area contributed by atoms with Crippen molar-refractivity contribution in [2.45, 2.75) is 19.9 Å². The lowest BCUT2D eigenvalue weighted by atomic mass is 10.1. The highest BCUT2D eigenvalue weighted by molar-refractivity contribution is 5.73. The number of nitrogens with one attached hydrogen (secondary N) is 1. The summed E-state index contributed by atoms with van der Waals surface area (Å²) in [4.78, 5) is 11.4. The first kappa shape index (κ1) is 13.8. The molecule has 19 heavy (non-hydrogen) atoms. The molecule has 1 heterocycles. The predicted octanol–water partition coefficient (Wildman–Crippen LogP) is 1.21. The van der Waals surface area contributed by atoms with Crippen LogP contribution in [0.5, 0.6) is 0 Å². The summed E-state index contributed by atoms with van der Waals surface area (Å²) in [5.74, 6) is 0.188. The van der Waals surface area contributed by atoms with Gasteiger partial charge in [0.15, 0.2) is 5.58 Å². The molecule has 2 rings (SSSR count). The molecule has 0 saturated heterocycles. The zero-order chi connectivity index (χ0) is 13.8. The van der Waals surface area contributed by atoms with Gasteiger partial charge in [0.05, 0.1) is 5.52 Å². The molecule has 0 spiro atoms. The van der Waals surface area contributed by atoms with Gasteiger partial charge >= 0.3 is 5.76 Å². The number of nitrogens with two attached hydrogens (primary N) is 1. The minimum Gasteiger partial charge on any atom is -0.408 e. The zero-order valence-electron chi connectivity index (χ0n) is 11.5. The van der Waals surface area contributed by atoms with Crippen molar-refractivity contribution in [1.82, 2.24) is 9.88 Å². The lowest BCUT2D eigenvalue weighted by Gasteiger charge is -2.13. The van der Waals surface area contributed by atoms with Crippen LogP contribution in [0, 0.1) is 5.92 Å². The molecule has 3 N–H and O–H groups in total. The highest BCUT2D eigenvalue weighted by Crippen LogP contribution is 2.14. The van der Waals surface area contributed by atoms with Crippen LogP contribution in [-0.2, 0) is 13.6 Å². The van der Waals surface area contributed by atoms with E-state index in [2.05, 4.69) is 12.2 Å². The van der Waals surface area contributed by atoms with Crippen molar-refractivity contribution < 1.29 is 4.42 Å².